The minimum Gasteiger partial charge on any atom is -0.505 e. The predicted octanol–water partition coefficient (Wildman–Crippen LogP) is 1.88. The molecule has 0 aliphatic carbocycles. The number of Topliss-reactive ketones (excluding diaryl/α,β-unsaturated/α-hetero) is 1. The van der Waals surface area contributed by atoms with Gasteiger partial charge < -0.3 is 10.0 Å². The van der Waals surface area contributed by atoms with Crippen molar-refractivity contribution in [3.8, 4) is 5.75 Å². The SMILES string of the molecule is CC(=O)c1cccc(N2CC(CS)CC2=O)c1O. The summed E-state index contributed by atoms with van der Waals surface area (Å²) >= 11 is 4.19. The van der Waals surface area contributed by atoms with Crippen LogP contribution in [0.15, 0.2) is 18.2 Å². The molecule has 0 spiro atoms. The fraction of sp³-hybridized carbons (Fsp3) is 0.385. The van der Waals surface area contributed by atoms with Crippen LogP contribution in [-0.4, -0.2) is 29.1 Å². The van der Waals surface area contributed by atoms with Crippen molar-refractivity contribution in [2.24, 2.45) is 5.92 Å². The number of ketones is 1. The monoisotopic (exact) mass is 265 g/mol. The number of anilines is 1. The van der Waals surface area contributed by atoms with Gasteiger partial charge >= 0.3 is 0 Å². The lowest BCUT2D eigenvalue weighted by molar-refractivity contribution is -0.117. The standard InChI is InChI=1S/C13H15NO3S/c1-8(15)10-3-2-4-11(13(10)17)14-6-9(7-18)5-12(14)16/h2-4,9,17-18H,5-7H2,1H3. The van der Waals surface area contributed by atoms with Gasteiger partial charge in [-0.05, 0) is 30.7 Å². The van der Waals surface area contributed by atoms with Gasteiger partial charge in [-0.3, -0.25) is 9.59 Å². The van der Waals surface area contributed by atoms with Gasteiger partial charge in [0.05, 0.1) is 11.3 Å². The second-order valence-electron chi connectivity index (χ2n) is 4.49. The zero-order valence-corrected chi connectivity index (χ0v) is 11.0. The number of benzene rings is 1. The molecule has 1 aromatic rings. The van der Waals surface area contributed by atoms with Crippen LogP contribution in [0, 0.1) is 5.92 Å². The zero-order chi connectivity index (χ0) is 13.3. The Morgan fingerprint density at radius 1 is 1.56 bits per heavy atom. The number of phenols is 1. The second-order valence-corrected chi connectivity index (χ2v) is 4.85. The third-order valence-corrected chi connectivity index (χ3v) is 3.66. The van der Waals surface area contributed by atoms with Crippen LogP contribution in [0.2, 0.25) is 0 Å². The van der Waals surface area contributed by atoms with Gasteiger partial charge in [-0.2, -0.15) is 12.6 Å². The largest absolute Gasteiger partial charge is 0.505 e. The molecular formula is C13H15NO3S. The highest BCUT2D eigenvalue weighted by atomic mass is 32.1. The van der Waals surface area contributed by atoms with E-state index in [1.54, 1.807) is 18.2 Å². The molecule has 0 aromatic heterocycles. The number of phenolic OH excluding ortho intramolecular Hbond substituents is 1. The van der Waals surface area contributed by atoms with Crippen LogP contribution in [0.25, 0.3) is 0 Å². The van der Waals surface area contributed by atoms with E-state index >= 15 is 0 Å². The molecule has 1 aromatic carbocycles. The first-order valence-corrected chi connectivity index (χ1v) is 6.42. The fourth-order valence-electron chi connectivity index (χ4n) is 2.17. The molecule has 1 N–H and O–H groups in total. The summed E-state index contributed by atoms with van der Waals surface area (Å²) in [5.41, 5.74) is 0.659. The summed E-state index contributed by atoms with van der Waals surface area (Å²) in [6, 6.07) is 4.88. The molecule has 18 heavy (non-hydrogen) atoms. The van der Waals surface area contributed by atoms with Gasteiger partial charge in [0, 0.05) is 13.0 Å². The van der Waals surface area contributed by atoms with Crippen LogP contribution < -0.4 is 4.90 Å². The van der Waals surface area contributed by atoms with Crippen molar-refractivity contribution in [3.63, 3.8) is 0 Å². The molecule has 2 rings (SSSR count). The number of hydrogen-bond donors (Lipinski definition) is 2. The summed E-state index contributed by atoms with van der Waals surface area (Å²) in [4.78, 5) is 24.8. The van der Waals surface area contributed by atoms with Crippen LogP contribution in [-0.2, 0) is 4.79 Å². The molecule has 4 nitrogen and oxygen atoms in total. The summed E-state index contributed by atoms with van der Waals surface area (Å²) in [5.74, 6) is 0.464. The van der Waals surface area contributed by atoms with Crippen molar-refractivity contribution in [2.45, 2.75) is 13.3 Å². The van der Waals surface area contributed by atoms with Gasteiger partial charge in [0.15, 0.2) is 5.78 Å². The molecule has 0 saturated carbocycles. The highest BCUT2D eigenvalue weighted by molar-refractivity contribution is 7.80. The van der Waals surface area contributed by atoms with E-state index in [9.17, 15) is 14.7 Å². The number of nitrogens with zero attached hydrogens (tertiary/aromatic N) is 1. The third-order valence-electron chi connectivity index (χ3n) is 3.15. The summed E-state index contributed by atoms with van der Waals surface area (Å²) in [6.07, 6.45) is 0.438. The van der Waals surface area contributed by atoms with Crippen molar-refractivity contribution in [1.82, 2.24) is 0 Å². The van der Waals surface area contributed by atoms with Crippen molar-refractivity contribution >= 4 is 30.0 Å². The first kappa shape index (κ1) is 13.0. The molecule has 1 fully saturated rings. The minimum absolute atomic E-state index is 0.0370. The molecule has 1 aliphatic rings. The Hall–Kier alpha value is -1.49. The Labute approximate surface area is 111 Å². The van der Waals surface area contributed by atoms with E-state index in [-0.39, 0.29) is 28.9 Å². The number of carbonyl (C=O) groups is 2. The van der Waals surface area contributed by atoms with Gasteiger partial charge in [-0.1, -0.05) is 6.07 Å². The first-order chi connectivity index (χ1) is 8.54. The van der Waals surface area contributed by atoms with Crippen molar-refractivity contribution in [3.05, 3.63) is 23.8 Å². The van der Waals surface area contributed by atoms with E-state index < -0.39 is 0 Å². The maximum Gasteiger partial charge on any atom is 0.227 e. The van der Waals surface area contributed by atoms with Crippen molar-refractivity contribution in [1.29, 1.82) is 0 Å². The number of carbonyl (C=O) groups excluding carboxylic acids is 2. The molecule has 1 saturated heterocycles. The van der Waals surface area contributed by atoms with Gasteiger partial charge in [0.1, 0.15) is 5.75 Å². The van der Waals surface area contributed by atoms with Crippen LogP contribution in [0.4, 0.5) is 5.69 Å². The topological polar surface area (TPSA) is 57.6 Å². The molecule has 1 atom stereocenters. The van der Waals surface area contributed by atoms with E-state index in [1.165, 1.54) is 11.8 Å². The summed E-state index contributed by atoms with van der Waals surface area (Å²) < 4.78 is 0. The normalized spacial score (nSPS) is 19.3. The lowest BCUT2D eigenvalue weighted by Gasteiger charge is -2.18. The average molecular weight is 265 g/mol. The molecule has 1 heterocycles. The predicted molar refractivity (Wildman–Crippen MR) is 72.4 cm³/mol. The molecule has 1 unspecified atom stereocenters. The Morgan fingerprint density at radius 2 is 2.28 bits per heavy atom. The fourth-order valence-corrected chi connectivity index (χ4v) is 2.41. The average Bonchev–Trinajstić information content (AvgIpc) is 2.70. The van der Waals surface area contributed by atoms with Gasteiger partial charge in [0.25, 0.3) is 0 Å². The van der Waals surface area contributed by atoms with E-state index in [0.717, 1.165) is 0 Å². The van der Waals surface area contributed by atoms with E-state index in [0.29, 0.717) is 24.4 Å². The van der Waals surface area contributed by atoms with Crippen molar-refractivity contribution < 1.29 is 14.7 Å². The molecule has 1 aliphatic heterocycles. The summed E-state index contributed by atoms with van der Waals surface area (Å²) in [5, 5.41) is 10.1. The summed E-state index contributed by atoms with van der Waals surface area (Å²) in [7, 11) is 0. The first-order valence-electron chi connectivity index (χ1n) is 5.78. The third kappa shape index (κ3) is 2.22. The molecule has 0 radical (unpaired) electrons. The number of thiol groups is 1. The lowest BCUT2D eigenvalue weighted by atomic mass is 10.1. The maximum atomic E-state index is 11.9. The van der Waals surface area contributed by atoms with Crippen LogP contribution in [0.3, 0.4) is 0 Å². The van der Waals surface area contributed by atoms with Gasteiger partial charge in [-0.15, -0.1) is 0 Å². The van der Waals surface area contributed by atoms with E-state index in [1.807, 2.05) is 0 Å². The number of rotatable bonds is 3. The quantitative estimate of drug-likeness (QED) is 0.648. The lowest BCUT2D eigenvalue weighted by Crippen LogP contribution is -2.25. The number of hydrogen-bond acceptors (Lipinski definition) is 4. The van der Waals surface area contributed by atoms with Gasteiger partial charge in [-0.25, -0.2) is 0 Å². The number of aromatic hydroxyl groups is 1. The highest BCUT2D eigenvalue weighted by Gasteiger charge is 2.31. The van der Waals surface area contributed by atoms with Gasteiger partial charge in [0.2, 0.25) is 5.91 Å². The minimum atomic E-state index is -0.216. The van der Waals surface area contributed by atoms with E-state index in [4.69, 9.17) is 0 Å². The molecule has 96 valence electrons. The zero-order valence-electron chi connectivity index (χ0n) is 10.1. The Bertz CT molecular complexity index is 501. The maximum absolute atomic E-state index is 11.9. The highest BCUT2D eigenvalue weighted by Crippen LogP contribution is 2.35. The Kier molecular flexibility index (Phi) is 3.61. The molecule has 1 amide bonds. The van der Waals surface area contributed by atoms with Crippen LogP contribution >= 0.6 is 12.6 Å². The van der Waals surface area contributed by atoms with E-state index in [2.05, 4.69) is 12.6 Å². The number of amides is 1. The second kappa shape index (κ2) is 5.02. The molecular weight excluding hydrogens is 250 g/mol. The molecule has 5 heteroatoms. The Balaban J connectivity index is 2.37. The number of para-hydroxylation sites is 1. The molecule has 0 bridgehead atoms. The Morgan fingerprint density at radius 3 is 2.83 bits per heavy atom. The van der Waals surface area contributed by atoms with Crippen LogP contribution in [0.5, 0.6) is 5.75 Å². The summed E-state index contributed by atoms with van der Waals surface area (Å²) in [6.45, 7) is 1.93. The van der Waals surface area contributed by atoms with Crippen molar-refractivity contribution in [2.75, 3.05) is 17.2 Å². The smallest absolute Gasteiger partial charge is 0.227 e. The van der Waals surface area contributed by atoms with Crippen LogP contribution in [0.1, 0.15) is 23.7 Å².